The summed E-state index contributed by atoms with van der Waals surface area (Å²) in [6.45, 7) is 1.81. The van der Waals surface area contributed by atoms with E-state index in [-0.39, 0.29) is 5.91 Å². The first-order valence-corrected chi connectivity index (χ1v) is 7.73. The Morgan fingerprint density at radius 3 is 2.83 bits per heavy atom. The Balaban J connectivity index is 1.97. The van der Waals surface area contributed by atoms with Crippen molar-refractivity contribution in [2.24, 2.45) is 0 Å². The molecule has 2 rings (SSSR count). The highest BCUT2D eigenvalue weighted by molar-refractivity contribution is 6.04. The summed E-state index contributed by atoms with van der Waals surface area (Å²) in [5, 5.41) is 14.9. The Morgan fingerprint density at radius 1 is 1.25 bits per heavy atom. The first-order valence-electron chi connectivity index (χ1n) is 7.73. The smallest absolute Gasteiger partial charge is 0.257 e. The van der Waals surface area contributed by atoms with Gasteiger partial charge in [0.15, 0.2) is 0 Å². The summed E-state index contributed by atoms with van der Waals surface area (Å²) in [5.41, 5.74) is 2.37. The lowest BCUT2D eigenvalue weighted by Gasteiger charge is -2.11. The zero-order valence-corrected chi connectivity index (χ0v) is 13.9. The average Bonchev–Trinajstić information content (AvgIpc) is 2.59. The summed E-state index contributed by atoms with van der Waals surface area (Å²) >= 11 is 0. The number of anilines is 2. The lowest BCUT2D eigenvalue weighted by molar-refractivity contribution is 0.102. The highest BCUT2D eigenvalue weighted by Gasteiger charge is 2.08. The first kappa shape index (κ1) is 17.4. The van der Waals surface area contributed by atoms with Gasteiger partial charge in [-0.2, -0.15) is 5.26 Å². The van der Waals surface area contributed by atoms with E-state index < -0.39 is 0 Å². The van der Waals surface area contributed by atoms with E-state index in [1.54, 1.807) is 36.5 Å². The Hall–Kier alpha value is -2.91. The maximum absolute atomic E-state index is 12.3. The molecule has 1 aromatic carbocycles. The number of pyridine rings is 1. The van der Waals surface area contributed by atoms with E-state index in [0.717, 1.165) is 25.2 Å². The highest BCUT2D eigenvalue weighted by Crippen LogP contribution is 2.13. The number of nitrogens with one attached hydrogen (secondary N) is 2. The minimum atomic E-state index is -0.255. The van der Waals surface area contributed by atoms with E-state index in [1.807, 2.05) is 20.2 Å². The summed E-state index contributed by atoms with van der Waals surface area (Å²) < 4.78 is 0. The molecule has 1 aromatic heterocycles. The van der Waals surface area contributed by atoms with Gasteiger partial charge in [-0.1, -0.05) is 6.07 Å². The van der Waals surface area contributed by atoms with Gasteiger partial charge in [0.1, 0.15) is 0 Å². The van der Waals surface area contributed by atoms with Crippen LogP contribution in [-0.2, 0) is 0 Å². The van der Waals surface area contributed by atoms with E-state index in [9.17, 15) is 4.79 Å². The van der Waals surface area contributed by atoms with Crippen molar-refractivity contribution >= 4 is 17.3 Å². The SMILES string of the molecule is CN(C)CCCNc1cncc(C(=O)Nc2cccc(C#N)c2)c1. The molecule has 6 nitrogen and oxygen atoms in total. The number of rotatable bonds is 7. The van der Waals surface area contributed by atoms with Crippen molar-refractivity contribution in [2.45, 2.75) is 6.42 Å². The van der Waals surface area contributed by atoms with Crippen molar-refractivity contribution in [3.8, 4) is 6.07 Å². The minimum absolute atomic E-state index is 0.255. The van der Waals surface area contributed by atoms with Gasteiger partial charge in [-0.15, -0.1) is 0 Å². The van der Waals surface area contributed by atoms with Crippen LogP contribution in [0.3, 0.4) is 0 Å². The fourth-order valence-corrected chi connectivity index (χ4v) is 2.16. The largest absolute Gasteiger partial charge is 0.384 e. The van der Waals surface area contributed by atoms with Crippen molar-refractivity contribution in [1.29, 1.82) is 5.26 Å². The minimum Gasteiger partial charge on any atom is -0.384 e. The number of carbonyl (C=O) groups is 1. The molecule has 0 aliphatic heterocycles. The molecule has 0 radical (unpaired) electrons. The van der Waals surface area contributed by atoms with Crippen molar-refractivity contribution in [1.82, 2.24) is 9.88 Å². The normalized spacial score (nSPS) is 10.2. The molecule has 0 unspecified atom stereocenters. The molecule has 124 valence electrons. The van der Waals surface area contributed by atoms with Gasteiger partial charge in [-0.3, -0.25) is 9.78 Å². The van der Waals surface area contributed by atoms with Gasteiger partial charge >= 0.3 is 0 Å². The second kappa shape index (κ2) is 8.65. The maximum Gasteiger partial charge on any atom is 0.257 e. The van der Waals surface area contributed by atoms with Gasteiger partial charge in [0.2, 0.25) is 0 Å². The molecule has 1 heterocycles. The molecule has 1 amide bonds. The maximum atomic E-state index is 12.3. The van der Waals surface area contributed by atoms with E-state index >= 15 is 0 Å². The molecule has 2 aromatic rings. The predicted molar refractivity (Wildman–Crippen MR) is 95.0 cm³/mol. The van der Waals surface area contributed by atoms with Crippen LogP contribution in [0.5, 0.6) is 0 Å². The molecule has 0 fully saturated rings. The summed E-state index contributed by atoms with van der Waals surface area (Å²) in [5.74, 6) is -0.255. The third-order valence-corrected chi connectivity index (χ3v) is 3.36. The second-order valence-electron chi connectivity index (χ2n) is 5.69. The molecule has 0 saturated heterocycles. The number of benzene rings is 1. The molecule has 24 heavy (non-hydrogen) atoms. The number of aromatic nitrogens is 1. The van der Waals surface area contributed by atoms with Crippen LogP contribution in [0.25, 0.3) is 0 Å². The summed E-state index contributed by atoms with van der Waals surface area (Å²) in [7, 11) is 4.07. The summed E-state index contributed by atoms with van der Waals surface area (Å²) in [6, 6.07) is 10.6. The van der Waals surface area contributed by atoms with Crippen LogP contribution >= 0.6 is 0 Å². The van der Waals surface area contributed by atoms with E-state index in [0.29, 0.717) is 16.8 Å². The lowest BCUT2D eigenvalue weighted by atomic mass is 10.2. The van der Waals surface area contributed by atoms with Crippen LogP contribution < -0.4 is 10.6 Å². The number of nitrogens with zero attached hydrogens (tertiary/aromatic N) is 3. The van der Waals surface area contributed by atoms with Crippen LogP contribution in [0.1, 0.15) is 22.3 Å². The molecule has 2 N–H and O–H groups in total. The summed E-state index contributed by atoms with van der Waals surface area (Å²) in [4.78, 5) is 18.5. The zero-order chi connectivity index (χ0) is 17.4. The van der Waals surface area contributed by atoms with Gasteiger partial charge in [0.25, 0.3) is 5.91 Å². The topological polar surface area (TPSA) is 81.1 Å². The molecule has 0 saturated carbocycles. The average molecular weight is 323 g/mol. The summed E-state index contributed by atoms with van der Waals surface area (Å²) in [6.07, 6.45) is 4.22. The third-order valence-electron chi connectivity index (χ3n) is 3.36. The van der Waals surface area contributed by atoms with Crippen molar-refractivity contribution in [3.05, 3.63) is 53.9 Å². The molecule has 0 aliphatic carbocycles. The molecule has 0 bridgehead atoms. The van der Waals surface area contributed by atoms with Crippen LogP contribution in [-0.4, -0.2) is 43.0 Å². The molecule has 0 aliphatic rings. The number of amides is 1. The zero-order valence-electron chi connectivity index (χ0n) is 13.9. The fourth-order valence-electron chi connectivity index (χ4n) is 2.16. The number of hydrogen-bond donors (Lipinski definition) is 2. The van der Waals surface area contributed by atoms with Gasteiger partial charge < -0.3 is 15.5 Å². The Bertz CT molecular complexity index is 736. The highest BCUT2D eigenvalue weighted by atomic mass is 16.1. The van der Waals surface area contributed by atoms with Crippen LogP contribution in [0.15, 0.2) is 42.7 Å². The first-order chi connectivity index (χ1) is 11.6. The standard InChI is InChI=1S/C18H21N5O/c1-23(2)8-4-7-21-17-10-15(12-20-13-17)18(24)22-16-6-3-5-14(9-16)11-19/h3,5-6,9-10,12-13,21H,4,7-8H2,1-2H3,(H,22,24). The number of nitriles is 1. The second-order valence-corrected chi connectivity index (χ2v) is 5.69. The van der Waals surface area contributed by atoms with Gasteiger partial charge in [-0.25, -0.2) is 0 Å². The Labute approximate surface area is 142 Å². The van der Waals surface area contributed by atoms with Crippen molar-refractivity contribution in [3.63, 3.8) is 0 Å². The monoisotopic (exact) mass is 323 g/mol. The molecule has 0 atom stereocenters. The van der Waals surface area contributed by atoms with Crippen LogP contribution in [0, 0.1) is 11.3 Å². The van der Waals surface area contributed by atoms with Gasteiger partial charge in [0.05, 0.1) is 22.9 Å². The van der Waals surface area contributed by atoms with Gasteiger partial charge in [-0.05, 0) is 51.3 Å². The molecular formula is C18H21N5O. The van der Waals surface area contributed by atoms with E-state index in [2.05, 4.69) is 20.5 Å². The fraction of sp³-hybridized carbons (Fsp3) is 0.278. The molecule has 6 heteroatoms. The molecule has 0 spiro atoms. The van der Waals surface area contributed by atoms with Gasteiger partial charge in [0, 0.05) is 24.6 Å². The van der Waals surface area contributed by atoms with E-state index in [1.165, 1.54) is 6.20 Å². The van der Waals surface area contributed by atoms with E-state index in [4.69, 9.17) is 5.26 Å². The quantitative estimate of drug-likeness (QED) is 0.765. The number of hydrogen-bond acceptors (Lipinski definition) is 5. The van der Waals surface area contributed by atoms with Crippen LogP contribution in [0.2, 0.25) is 0 Å². The number of carbonyl (C=O) groups excluding carboxylic acids is 1. The van der Waals surface area contributed by atoms with Crippen molar-refractivity contribution < 1.29 is 4.79 Å². The lowest BCUT2D eigenvalue weighted by Crippen LogP contribution is -2.17. The third kappa shape index (κ3) is 5.38. The Kier molecular flexibility index (Phi) is 6.29. The molecular weight excluding hydrogens is 302 g/mol. The predicted octanol–water partition coefficient (Wildman–Crippen LogP) is 2.57. The van der Waals surface area contributed by atoms with Crippen LogP contribution in [0.4, 0.5) is 11.4 Å². The Morgan fingerprint density at radius 2 is 2.08 bits per heavy atom. The van der Waals surface area contributed by atoms with Crippen molar-refractivity contribution in [2.75, 3.05) is 37.8 Å².